The number of alkyl halides is 3. The molecule has 1 aliphatic heterocycles. The molecular weight excluding hydrogens is 501 g/mol. The van der Waals surface area contributed by atoms with Gasteiger partial charge in [0.25, 0.3) is 0 Å². The van der Waals surface area contributed by atoms with Gasteiger partial charge in [-0.3, -0.25) is 0 Å². The molecule has 38 heavy (non-hydrogen) atoms. The fourth-order valence-electron chi connectivity index (χ4n) is 4.41. The summed E-state index contributed by atoms with van der Waals surface area (Å²) in [6.07, 6.45) is -4.69. The van der Waals surface area contributed by atoms with E-state index in [1.54, 1.807) is 26.0 Å². The molecule has 11 heteroatoms. The summed E-state index contributed by atoms with van der Waals surface area (Å²) in [5.41, 5.74) is 1.72. The van der Waals surface area contributed by atoms with Crippen LogP contribution in [0, 0.1) is 0 Å². The van der Waals surface area contributed by atoms with Crippen molar-refractivity contribution >= 4 is 22.8 Å². The highest BCUT2D eigenvalue weighted by Crippen LogP contribution is 2.34. The summed E-state index contributed by atoms with van der Waals surface area (Å²) in [6.45, 7) is 5.09. The Balaban J connectivity index is 1.57. The number of aromatic nitrogens is 1. The maximum Gasteiger partial charge on any atom is 0.416 e. The van der Waals surface area contributed by atoms with E-state index in [1.807, 2.05) is 18.2 Å². The van der Waals surface area contributed by atoms with Gasteiger partial charge in [-0.05, 0) is 36.8 Å². The zero-order chi connectivity index (χ0) is 27.3. The summed E-state index contributed by atoms with van der Waals surface area (Å²) in [6, 6.07) is 10.8. The summed E-state index contributed by atoms with van der Waals surface area (Å²) in [4.78, 5) is 20.9. The molecule has 2 aromatic carbocycles. The number of fused-ring (bicyclic) bond motifs is 1. The van der Waals surface area contributed by atoms with Crippen molar-refractivity contribution in [2.45, 2.75) is 26.2 Å². The van der Waals surface area contributed by atoms with Crippen LogP contribution in [0.1, 0.15) is 23.6 Å². The van der Waals surface area contributed by atoms with E-state index in [1.165, 1.54) is 12.1 Å². The summed E-state index contributed by atoms with van der Waals surface area (Å²) in [7, 11) is 3.14. The van der Waals surface area contributed by atoms with Gasteiger partial charge in [-0.15, -0.1) is 0 Å². The van der Waals surface area contributed by atoms with E-state index in [0.29, 0.717) is 57.4 Å². The number of methoxy groups -OCH3 is 2. The Bertz CT molecular complexity index is 1260. The van der Waals surface area contributed by atoms with Crippen molar-refractivity contribution in [1.82, 2.24) is 15.2 Å². The summed E-state index contributed by atoms with van der Waals surface area (Å²) < 4.78 is 54.7. The Kier molecular flexibility index (Phi) is 8.45. The van der Waals surface area contributed by atoms with Crippen molar-refractivity contribution in [2.24, 2.45) is 0 Å². The average molecular weight is 533 g/mol. The van der Waals surface area contributed by atoms with Gasteiger partial charge in [-0.25, -0.2) is 9.78 Å². The lowest BCUT2D eigenvalue weighted by atomic mass is 10.1. The molecule has 3 aromatic rings. The van der Waals surface area contributed by atoms with Crippen LogP contribution in [0.5, 0.6) is 11.5 Å². The number of rotatable bonds is 8. The number of nitrogens with zero attached hydrogens (tertiary/aromatic N) is 3. The number of carbonyl (C=O) groups is 1. The van der Waals surface area contributed by atoms with Crippen LogP contribution in [0.25, 0.3) is 10.9 Å². The molecule has 8 nitrogen and oxygen atoms in total. The third kappa shape index (κ3) is 6.21. The number of hydrogen-bond acceptors (Lipinski definition) is 7. The van der Waals surface area contributed by atoms with Crippen LogP contribution >= 0.6 is 0 Å². The molecule has 0 unspecified atom stereocenters. The first kappa shape index (κ1) is 27.3. The molecule has 0 saturated carbocycles. The van der Waals surface area contributed by atoms with Gasteiger partial charge in [0, 0.05) is 56.3 Å². The molecule has 2 heterocycles. The van der Waals surface area contributed by atoms with Crippen LogP contribution in [-0.4, -0.2) is 63.0 Å². The van der Waals surface area contributed by atoms with E-state index in [4.69, 9.17) is 19.2 Å². The number of benzene rings is 2. The summed E-state index contributed by atoms with van der Waals surface area (Å²) in [5, 5.41) is 4.19. The van der Waals surface area contributed by atoms with Crippen LogP contribution in [-0.2, 0) is 24.0 Å². The monoisotopic (exact) mass is 532 g/mol. The number of piperazine rings is 1. The molecule has 1 aliphatic rings. The maximum absolute atomic E-state index is 12.9. The first-order valence-electron chi connectivity index (χ1n) is 12.3. The molecule has 1 fully saturated rings. The van der Waals surface area contributed by atoms with E-state index in [0.717, 1.165) is 40.0 Å². The molecule has 1 N–H and O–H groups in total. The highest BCUT2D eigenvalue weighted by atomic mass is 19.4. The minimum absolute atomic E-state index is 0.325. The van der Waals surface area contributed by atoms with Crippen LogP contribution in [0.15, 0.2) is 42.5 Å². The average Bonchev–Trinajstić information content (AvgIpc) is 2.92. The summed E-state index contributed by atoms with van der Waals surface area (Å²) in [5.74, 6) is 1.92. The van der Waals surface area contributed by atoms with E-state index in [-0.39, 0.29) is 6.09 Å². The molecule has 1 aromatic heterocycles. The van der Waals surface area contributed by atoms with E-state index in [9.17, 15) is 18.0 Å². The molecule has 204 valence electrons. The van der Waals surface area contributed by atoms with Gasteiger partial charge in [0.1, 0.15) is 5.82 Å². The third-order valence-corrected chi connectivity index (χ3v) is 6.41. The van der Waals surface area contributed by atoms with Crippen LogP contribution in [0.4, 0.5) is 23.8 Å². The third-order valence-electron chi connectivity index (χ3n) is 6.41. The van der Waals surface area contributed by atoms with Crippen LogP contribution in [0.2, 0.25) is 0 Å². The van der Waals surface area contributed by atoms with Crippen LogP contribution < -0.4 is 19.7 Å². The number of carbonyl (C=O) groups excluding carboxylic acids is 1. The molecule has 0 spiro atoms. The number of amides is 1. The Hall–Kier alpha value is -3.73. The number of anilines is 1. The van der Waals surface area contributed by atoms with Crippen molar-refractivity contribution in [3.05, 3.63) is 59.2 Å². The Morgan fingerprint density at radius 3 is 2.24 bits per heavy atom. The van der Waals surface area contributed by atoms with Gasteiger partial charge in [0.05, 0.1) is 31.9 Å². The smallest absolute Gasteiger partial charge is 0.416 e. The molecule has 1 amide bonds. The number of pyridine rings is 1. The standard InChI is InChI=1S/C27H31F3N4O4/c1-4-38-26(35)34-11-9-33(10-12-34)25-20(13-19-14-23(36-2)24(37-3)15-22(19)32-25)17-31-16-18-5-7-21(8-6-18)27(28,29)30/h5-8,13-15,31H,4,9-12,16-17H2,1-3H3. The predicted molar refractivity (Wildman–Crippen MR) is 138 cm³/mol. The van der Waals surface area contributed by atoms with Gasteiger partial charge < -0.3 is 29.3 Å². The van der Waals surface area contributed by atoms with Gasteiger partial charge in [-0.1, -0.05) is 12.1 Å². The second-order valence-corrected chi connectivity index (χ2v) is 8.84. The SMILES string of the molecule is CCOC(=O)N1CCN(c2nc3cc(OC)c(OC)cc3cc2CNCc2ccc(C(F)(F)F)cc2)CC1. The Morgan fingerprint density at radius 2 is 1.63 bits per heavy atom. The maximum atomic E-state index is 12.9. The fraction of sp³-hybridized carbons (Fsp3) is 0.407. The Labute approximate surface area is 219 Å². The number of nitrogens with one attached hydrogen (secondary N) is 1. The predicted octanol–water partition coefficient (Wildman–Crippen LogP) is 4.84. The molecule has 0 bridgehead atoms. The van der Waals surface area contributed by atoms with Crippen molar-refractivity contribution in [3.63, 3.8) is 0 Å². The highest BCUT2D eigenvalue weighted by Gasteiger charge is 2.30. The molecule has 1 saturated heterocycles. The topological polar surface area (TPSA) is 76.2 Å². The first-order chi connectivity index (χ1) is 18.2. The van der Waals surface area contributed by atoms with Crippen molar-refractivity contribution in [3.8, 4) is 11.5 Å². The minimum Gasteiger partial charge on any atom is -0.493 e. The van der Waals surface area contributed by atoms with Gasteiger partial charge >= 0.3 is 12.3 Å². The van der Waals surface area contributed by atoms with Gasteiger partial charge in [-0.2, -0.15) is 13.2 Å². The van der Waals surface area contributed by atoms with E-state index >= 15 is 0 Å². The van der Waals surface area contributed by atoms with E-state index < -0.39 is 11.7 Å². The molecule has 0 atom stereocenters. The number of hydrogen-bond donors (Lipinski definition) is 1. The molecular formula is C27H31F3N4O4. The lowest BCUT2D eigenvalue weighted by molar-refractivity contribution is -0.137. The number of ether oxygens (including phenoxy) is 3. The van der Waals surface area contributed by atoms with Crippen molar-refractivity contribution < 1.29 is 32.2 Å². The summed E-state index contributed by atoms with van der Waals surface area (Å²) >= 11 is 0. The fourth-order valence-corrected chi connectivity index (χ4v) is 4.41. The van der Waals surface area contributed by atoms with Crippen molar-refractivity contribution in [1.29, 1.82) is 0 Å². The van der Waals surface area contributed by atoms with Crippen LogP contribution in [0.3, 0.4) is 0 Å². The normalized spacial score (nSPS) is 14.1. The second kappa shape index (κ2) is 11.8. The zero-order valence-electron chi connectivity index (χ0n) is 21.6. The molecule has 4 rings (SSSR count). The Morgan fingerprint density at radius 1 is 0.974 bits per heavy atom. The first-order valence-corrected chi connectivity index (χ1v) is 12.3. The second-order valence-electron chi connectivity index (χ2n) is 8.84. The van der Waals surface area contributed by atoms with E-state index in [2.05, 4.69) is 10.2 Å². The van der Waals surface area contributed by atoms with Crippen molar-refractivity contribution in [2.75, 3.05) is 51.9 Å². The molecule has 0 radical (unpaired) electrons. The van der Waals surface area contributed by atoms with Gasteiger partial charge in [0.15, 0.2) is 11.5 Å². The minimum atomic E-state index is -4.36. The quantitative estimate of drug-likeness (QED) is 0.445. The number of halogens is 3. The lowest BCUT2D eigenvalue weighted by Gasteiger charge is -2.35. The van der Waals surface area contributed by atoms with Gasteiger partial charge in [0.2, 0.25) is 0 Å². The highest BCUT2D eigenvalue weighted by molar-refractivity contribution is 5.85. The largest absolute Gasteiger partial charge is 0.493 e. The molecule has 0 aliphatic carbocycles. The zero-order valence-corrected chi connectivity index (χ0v) is 21.6. The lowest BCUT2D eigenvalue weighted by Crippen LogP contribution is -2.49.